The maximum Gasteiger partial charge on any atom is 0.171 e. The number of aryl methyl sites for hydroxylation is 1. The van der Waals surface area contributed by atoms with Gasteiger partial charge in [0.25, 0.3) is 0 Å². The van der Waals surface area contributed by atoms with Gasteiger partial charge >= 0.3 is 0 Å². The van der Waals surface area contributed by atoms with Crippen LogP contribution >= 0.6 is 12.2 Å². The zero-order valence-electron chi connectivity index (χ0n) is 11.5. The van der Waals surface area contributed by atoms with Crippen molar-refractivity contribution in [1.82, 2.24) is 24.9 Å². The van der Waals surface area contributed by atoms with Gasteiger partial charge in [0, 0.05) is 32.0 Å². The fraction of sp³-hybridized carbons (Fsp3) is 0.417. The molecular weight excluding hydrogens is 276 g/mol. The molecule has 0 aromatic carbocycles. The first kappa shape index (κ1) is 14.5. The Kier molecular flexibility index (Phi) is 5.08. The number of rotatable bonds is 6. The summed E-state index contributed by atoms with van der Waals surface area (Å²) in [5, 5.41) is 15.1. The van der Waals surface area contributed by atoms with Crippen molar-refractivity contribution in [3.05, 3.63) is 30.4 Å². The van der Waals surface area contributed by atoms with Crippen LogP contribution in [0.4, 0.5) is 5.69 Å². The van der Waals surface area contributed by atoms with Crippen molar-refractivity contribution in [3.63, 3.8) is 0 Å². The lowest BCUT2D eigenvalue weighted by Gasteiger charge is -2.07. The van der Waals surface area contributed by atoms with Gasteiger partial charge < -0.3 is 15.4 Å². The SMILES string of the molecule is CCn1cc(CNC(=S)Nc2cnn(COC)c2)cn1. The normalized spacial score (nSPS) is 10.5. The van der Waals surface area contributed by atoms with Gasteiger partial charge in [-0.05, 0) is 19.1 Å². The van der Waals surface area contributed by atoms with E-state index in [1.807, 2.05) is 30.2 Å². The van der Waals surface area contributed by atoms with Crippen molar-refractivity contribution in [3.8, 4) is 0 Å². The van der Waals surface area contributed by atoms with E-state index in [-0.39, 0.29) is 0 Å². The number of hydrogen-bond donors (Lipinski definition) is 2. The molecule has 2 rings (SSSR count). The molecule has 0 aliphatic carbocycles. The minimum absolute atomic E-state index is 0.415. The summed E-state index contributed by atoms with van der Waals surface area (Å²) in [6.07, 6.45) is 7.34. The first-order valence-corrected chi connectivity index (χ1v) is 6.69. The number of methoxy groups -OCH3 is 1. The molecule has 0 amide bonds. The molecule has 108 valence electrons. The minimum Gasteiger partial charge on any atom is -0.362 e. The molecule has 0 atom stereocenters. The maximum atomic E-state index is 5.23. The van der Waals surface area contributed by atoms with Crippen molar-refractivity contribution >= 4 is 23.0 Å². The molecule has 0 radical (unpaired) electrons. The molecule has 0 saturated heterocycles. The third-order valence-corrected chi connectivity index (χ3v) is 2.86. The molecule has 2 aromatic rings. The zero-order chi connectivity index (χ0) is 14.4. The molecule has 20 heavy (non-hydrogen) atoms. The predicted molar refractivity (Wildman–Crippen MR) is 80.2 cm³/mol. The van der Waals surface area contributed by atoms with E-state index in [4.69, 9.17) is 17.0 Å². The highest BCUT2D eigenvalue weighted by atomic mass is 32.1. The van der Waals surface area contributed by atoms with E-state index < -0.39 is 0 Å². The Morgan fingerprint density at radius 3 is 2.80 bits per heavy atom. The van der Waals surface area contributed by atoms with Crippen LogP contribution in [-0.4, -0.2) is 31.8 Å². The van der Waals surface area contributed by atoms with E-state index in [0.717, 1.165) is 17.8 Å². The van der Waals surface area contributed by atoms with Crippen LogP contribution in [0, 0.1) is 0 Å². The van der Waals surface area contributed by atoms with E-state index in [1.54, 1.807) is 18.0 Å². The van der Waals surface area contributed by atoms with E-state index in [9.17, 15) is 0 Å². The van der Waals surface area contributed by atoms with E-state index in [1.165, 1.54) is 0 Å². The van der Waals surface area contributed by atoms with Crippen molar-refractivity contribution in [2.45, 2.75) is 26.7 Å². The van der Waals surface area contributed by atoms with Crippen molar-refractivity contribution in [2.75, 3.05) is 12.4 Å². The number of hydrogen-bond acceptors (Lipinski definition) is 4. The number of nitrogens with zero attached hydrogens (tertiary/aromatic N) is 4. The van der Waals surface area contributed by atoms with E-state index in [0.29, 0.717) is 18.4 Å². The predicted octanol–water partition coefficient (Wildman–Crippen LogP) is 1.19. The lowest BCUT2D eigenvalue weighted by molar-refractivity contribution is 0.120. The summed E-state index contributed by atoms with van der Waals surface area (Å²) in [5.41, 5.74) is 1.91. The number of thiocarbonyl (C=S) groups is 1. The molecule has 2 N–H and O–H groups in total. The maximum absolute atomic E-state index is 5.23. The van der Waals surface area contributed by atoms with Crippen LogP contribution in [-0.2, 0) is 24.6 Å². The quantitative estimate of drug-likeness (QED) is 0.780. The summed E-state index contributed by atoms with van der Waals surface area (Å²) in [4.78, 5) is 0. The fourth-order valence-electron chi connectivity index (χ4n) is 1.66. The molecule has 0 spiro atoms. The summed E-state index contributed by atoms with van der Waals surface area (Å²) < 4.78 is 8.53. The summed E-state index contributed by atoms with van der Waals surface area (Å²) >= 11 is 5.23. The van der Waals surface area contributed by atoms with Gasteiger partial charge in [-0.2, -0.15) is 10.2 Å². The lowest BCUT2D eigenvalue weighted by Crippen LogP contribution is -2.27. The average molecular weight is 294 g/mol. The lowest BCUT2D eigenvalue weighted by atomic mass is 10.4. The third-order valence-electron chi connectivity index (χ3n) is 2.62. The average Bonchev–Trinajstić information content (AvgIpc) is 3.06. The van der Waals surface area contributed by atoms with Gasteiger partial charge in [0.15, 0.2) is 5.11 Å². The largest absolute Gasteiger partial charge is 0.362 e. The van der Waals surface area contributed by atoms with Gasteiger partial charge in [0.1, 0.15) is 6.73 Å². The van der Waals surface area contributed by atoms with Gasteiger partial charge in [-0.15, -0.1) is 0 Å². The highest BCUT2D eigenvalue weighted by molar-refractivity contribution is 7.80. The van der Waals surface area contributed by atoms with Crippen LogP contribution < -0.4 is 10.6 Å². The van der Waals surface area contributed by atoms with Gasteiger partial charge in [-0.1, -0.05) is 0 Å². The van der Waals surface area contributed by atoms with Crippen LogP contribution in [0.1, 0.15) is 12.5 Å². The van der Waals surface area contributed by atoms with Crippen LogP contribution in [0.25, 0.3) is 0 Å². The van der Waals surface area contributed by atoms with Gasteiger partial charge in [-0.3, -0.25) is 4.68 Å². The Labute approximate surface area is 122 Å². The van der Waals surface area contributed by atoms with Gasteiger partial charge in [0.05, 0.1) is 24.3 Å². The van der Waals surface area contributed by atoms with Crippen molar-refractivity contribution < 1.29 is 4.74 Å². The Morgan fingerprint density at radius 2 is 2.10 bits per heavy atom. The highest BCUT2D eigenvalue weighted by Crippen LogP contribution is 2.05. The fourth-order valence-corrected chi connectivity index (χ4v) is 1.85. The first-order valence-electron chi connectivity index (χ1n) is 6.29. The summed E-state index contributed by atoms with van der Waals surface area (Å²) in [5.74, 6) is 0. The number of aromatic nitrogens is 4. The molecular formula is C12H18N6OS. The second-order valence-corrected chi connectivity index (χ2v) is 4.61. The summed E-state index contributed by atoms with van der Waals surface area (Å²) in [6.45, 7) is 3.96. The molecule has 0 fully saturated rings. The number of anilines is 1. The molecule has 0 aliphatic rings. The van der Waals surface area contributed by atoms with Crippen molar-refractivity contribution in [1.29, 1.82) is 0 Å². The summed E-state index contributed by atoms with van der Waals surface area (Å²) in [7, 11) is 1.62. The van der Waals surface area contributed by atoms with E-state index >= 15 is 0 Å². The molecule has 8 heteroatoms. The molecule has 2 heterocycles. The van der Waals surface area contributed by atoms with Crippen LogP contribution in [0.2, 0.25) is 0 Å². The monoisotopic (exact) mass is 294 g/mol. The molecule has 0 unspecified atom stereocenters. The summed E-state index contributed by atoms with van der Waals surface area (Å²) in [6, 6.07) is 0. The Balaban J connectivity index is 1.79. The van der Waals surface area contributed by atoms with Crippen LogP contribution in [0.3, 0.4) is 0 Å². The second kappa shape index (κ2) is 7.01. The van der Waals surface area contributed by atoms with Crippen molar-refractivity contribution in [2.24, 2.45) is 0 Å². The zero-order valence-corrected chi connectivity index (χ0v) is 12.4. The van der Waals surface area contributed by atoms with Crippen LogP contribution in [0.5, 0.6) is 0 Å². The smallest absolute Gasteiger partial charge is 0.171 e. The third kappa shape index (κ3) is 4.04. The first-order chi connectivity index (χ1) is 9.71. The van der Waals surface area contributed by atoms with Gasteiger partial charge in [0.2, 0.25) is 0 Å². The minimum atomic E-state index is 0.415. The Hall–Kier alpha value is -1.93. The van der Waals surface area contributed by atoms with E-state index in [2.05, 4.69) is 20.8 Å². The number of ether oxygens (including phenoxy) is 1. The van der Waals surface area contributed by atoms with Gasteiger partial charge in [-0.25, -0.2) is 4.68 Å². The standard InChI is InChI=1S/C12H18N6OS/c1-3-17-7-10(5-14-17)4-13-12(20)16-11-6-15-18(8-11)9-19-2/h5-8H,3-4,9H2,1-2H3,(H2,13,16,20). The highest BCUT2D eigenvalue weighted by Gasteiger charge is 2.02. The second-order valence-electron chi connectivity index (χ2n) is 4.20. The molecule has 2 aromatic heterocycles. The molecule has 0 saturated carbocycles. The Morgan fingerprint density at radius 1 is 1.30 bits per heavy atom. The molecule has 0 aliphatic heterocycles. The Bertz CT molecular complexity index is 564. The van der Waals surface area contributed by atoms with Crippen LogP contribution in [0.15, 0.2) is 24.8 Å². The number of nitrogens with one attached hydrogen (secondary N) is 2. The molecule has 0 bridgehead atoms. The molecule has 7 nitrogen and oxygen atoms in total. The topological polar surface area (TPSA) is 68.9 Å².